The van der Waals surface area contributed by atoms with Gasteiger partial charge in [-0.25, -0.2) is 0 Å². The van der Waals surface area contributed by atoms with E-state index in [1.165, 1.54) is 25.7 Å². The number of rotatable bonds is 8. The molecule has 2 fully saturated rings. The third-order valence-corrected chi connectivity index (χ3v) is 6.96. The van der Waals surface area contributed by atoms with Crippen molar-refractivity contribution in [2.24, 2.45) is 17.8 Å². The zero-order valence-electron chi connectivity index (χ0n) is 17.2. The Balaban J connectivity index is 1.54. The lowest BCUT2D eigenvalue weighted by molar-refractivity contribution is 0.263. The van der Waals surface area contributed by atoms with Gasteiger partial charge in [0.1, 0.15) is 5.82 Å². The fourth-order valence-electron chi connectivity index (χ4n) is 5.12. The van der Waals surface area contributed by atoms with E-state index in [-0.39, 0.29) is 17.7 Å². The summed E-state index contributed by atoms with van der Waals surface area (Å²) < 4.78 is 0. The average molecular weight is 385 g/mol. The third kappa shape index (κ3) is 5.36. The smallest absolute Gasteiger partial charge is 0.221 e. The van der Waals surface area contributed by atoms with Gasteiger partial charge >= 0.3 is 0 Å². The molecule has 2 aliphatic carbocycles. The van der Waals surface area contributed by atoms with Crippen molar-refractivity contribution in [1.82, 2.24) is 9.97 Å². The molecule has 2 N–H and O–H groups in total. The summed E-state index contributed by atoms with van der Waals surface area (Å²) in [5.74, 6) is 2.98. The fraction of sp³-hybridized carbons (Fsp3) is 0.667. The van der Waals surface area contributed by atoms with Crippen molar-refractivity contribution in [2.75, 3.05) is 0 Å². The molecule has 0 spiro atoms. The Morgan fingerprint density at radius 1 is 0.750 bits per heavy atom. The van der Waals surface area contributed by atoms with E-state index in [0.29, 0.717) is 29.6 Å². The van der Waals surface area contributed by atoms with Gasteiger partial charge in [-0.1, -0.05) is 25.0 Å². The van der Waals surface area contributed by atoms with Gasteiger partial charge in [0, 0.05) is 5.92 Å². The van der Waals surface area contributed by atoms with Gasteiger partial charge < -0.3 is 10.2 Å². The maximum absolute atomic E-state index is 10.4. The Kier molecular flexibility index (Phi) is 7.52. The van der Waals surface area contributed by atoms with E-state index in [4.69, 9.17) is 0 Å². The molecule has 0 unspecified atom stereocenters. The SMILES string of the molecule is C=CC[C@H]1CC[C@H](CCc2c(O)nc([C@H]3CC[C@H](CC=C)CC3)nc2O)CC1. The second kappa shape index (κ2) is 10.1. The molecule has 154 valence electrons. The molecule has 0 saturated heterocycles. The predicted octanol–water partition coefficient (Wildman–Crippen LogP) is 6.05. The number of nitrogens with zero attached hydrogens (tertiary/aromatic N) is 2. The van der Waals surface area contributed by atoms with Gasteiger partial charge in [-0.05, 0) is 82.0 Å². The Hall–Kier alpha value is -1.84. The zero-order chi connectivity index (χ0) is 19.9. The van der Waals surface area contributed by atoms with Gasteiger partial charge in [-0.15, -0.1) is 13.2 Å². The lowest BCUT2D eigenvalue weighted by Crippen LogP contribution is -2.16. The van der Waals surface area contributed by atoms with E-state index >= 15 is 0 Å². The highest BCUT2D eigenvalue weighted by Gasteiger charge is 2.26. The Morgan fingerprint density at radius 2 is 1.21 bits per heavy atom. The molecule has 0 aromatic carbocycles. The number of allylic oxidation sites excluding steroid dienone is 2. The van der Waals surface area contributed by atoms with Crippen LogP contribution in [0, 0.1) is 17.8 Å². The summed E-state index contributed by atoms with van der Waals surface area (Å²) in [6.07, 6.45) is 17.2. The molecule has 0 atom stereocenters. The van der Waals surface area contributed by atoms with Crippen LogP contribution in [-0.2, 0) is 6.42 Å². The molecule has 2 aliphatic rings. The highest BCUT2D eigenvalue weighted by molar-refractivity contribution is 5.34. The second-order valence-corrected chi connectivity index (χ2v) is 8.90. The quantitative estimate of drug-likeness (QED) is 0.535. The molecule has 1 aromatic rings. The van der Waals surface area contributed by atoms with Gasteiger partial charge in [0.25, 0.3) is 0 Å². The average Bonchev–Trinajstić information content (AvgIpc) is 2.69. The first kappa shape index (κ1) is 20.9. The normalized spacial score (nSPS) is 28.0. The summed E-state index contributed by atoms with van der Waals surface area (Å²) in [5.41, 5.74) is 0.525. The van der Waals surface area contributed by atoms with Crippen LogP contribution in [0.1, 0.15) is 87.9 Å². The minimum atomic E-state index is -0.0175. The lowest BCUT2D eigenvalue weighted by Gasteiger charge is -2.28. The van der Waals surface area contributed by atoms with Gasteiger partial charge in [0.2, 0.25) is 11.8 Å². The number of hydrogen-bond acceptors (Lipinski definition) is 4. The van der Waals surface area contributed by atoms with Crippen LogP contribution in [0.5, 0.6) is 11.8 Å². The first-order chi connectivity index (χ1) is 13.6. The molecular weight excluding hydrogens is 348 g/mol. The minimum absolute atomic E-state index is 0.0175. The first-order valence-corrected chi connectivity index (χ1v) is 11.1. The van der Waals surface area contributed by atoms with Gasteiger partial charge in [-0.2, -0.15) is 9.97 Å². The van der Waals surface area contributed by atoms with Crippen LogP contribution in [0.2, 0.25) is 0 Å². The largest absolute Gasteiger partial charge is 0.493 e. The molecule has 4 heteroatoms. The van der Waals surface area contributed by atoms with Crippen molar-refractivity contribution in [3.05, 3.63) is 36.7 Å². The molecule has 1 aromatic heterocycles. The monoisotopic (exact) mass is 384 g/mol. The molecule has 4 nitrogen and oxygen atoms in total. The van der Waals surface area contributed by atoms with Crippen molar-refractivity contribution in [1.29, 1.82) is 0 Å². The predicted molar refractivity (Wildman–Crippen MR) is 113 cm³/mol. The van der Waals surface area contributed by atoms with Crippen molar-refractivity contribution in [2.45, 2.75) is 83.0 Å². The van der Waals surface area contributed by atoms with Crippen molar-refractivity contribution >= 4 is 0 Å². The van der Waals surface area contributed by atoms with Crippen LogP contribution in [0.3, 0.4) is 0 Å². The van der Waals surface area contributed by atoms with Gasteiger partial charge in [0.05, 0.1) is 5.56 Å². The second-order valence-electron chi connectivity index (χ2n) is 8.90. The van der Waals surface area contributed by atoms with E-state index in [1.807, 2.05) is 12.2 Å². The number of aromatic nitrogens is 2. The summed E-state index contributed by atoms with van der Waals surface area (Å²) in [4.78, 5) is 8.76. The third-order valence-electron chi connectivity index (χ3n) is 6.96. The maximum atomic E-state index is 10.4. The fourth-order valence-corrected chi connectivity index (χ4v) is 5.12. The lowest BCUT2D eigenvalue weighted by atomic mass is 9.78. The first-order valence-electron chi connectivity index (χ1n) is 11.1. The minimum Gasteiger partial charge on any atom is -0.493 e. The number of aromatic hydroxyl groups is 2. The molecule has 3 rings (SSSR count). The van der Waals surface area contributed by atoms with E-state index in [9.17, 15) is 10.2 Å². The van der Waals surface area contributed by atoms with Crippen LogP contribution in [0.15, 0.2) is 25.3 Å². The molecular formula is C24H36N2O2. The Bertz CT molecular complexity index is 634. The van der Waals surface area contributed by atoms with E-state index in [1.54, 1.807) is 0 Å². The molecule has 0 amide bonds. The molecule has 0 radical (unpaired) electrons. The summed E-state index contributed by atoms with van der Waals surface area (Å²) in [6, 6.07) is 0. The highest BCUT2D eigenvalue weighted by atomic mass is 16.3. The highest BCUT2D eigenvalue weighted by Crippen LogP contribution is 2.39. The summed E-state index contributed by atoms with van der Waals surface area (Å²) in [7, 11) is 0. The van der Waals surface area contributed by atoms with Crippen LogP contribution >= 0.6 is 0 Å². The van der Waals surface area contributed by atoms with Crippen LogP contribution < -0.4 is 0 Å². The van der Waals surface area contributed by atoms with Crippen LogP contribution in [0.4, 0.5) is 0 Å². The van der Waals surface area contributed by atoms with Gasteiger partial charge in [0.15, 0.2) is 0 Å². The molecule has 0 bridgehead atoms. The van der Waals surface area contributed by atoms with Crippen LogP contribution in [-0.4, -0.2) is 20.2 Å². The van der Waals surface area contributed by atoms with E-state index in [2.05, 4.69) is 23.1 Å². The van der Waals surface area contributed by atoms with E-state index < -0.39 is 0 Å². The van der Waals surface area contributed by atoms with Crippen molar-refractivity contribution in [3.63, 3.8) is 0 Å². The summed E-state index contributed by atoms with van der Waals surface area (Å²) in [6.45, 7) is 7.68. The van der Waals surface area contributed by atoms with Gasteiger partial charge in [-0.3, -0.25) is 0 Å². The molecule has 2 saturated carbocycles. The van der Waals surface area contributed by atoms with E-state index in [0.717, 1.165) is 50.9 Å². The number of hydrogen-bond donors (Lipinski definition) is 2. The Morgan fingerprint density at radius 3 is 1.71 bits per heavy atom. The van der Waals surface area contributed by atoms with Crippen molar-refractivity contribution < 1.29 is 10.2 Å². The topological polar surface area (TPSA) is 66.2 Å². The standard InChI is InChI=1S/C24H36N2O2/c1-3-5-17-7-9-19(10-8-17)13-16-21-23(27)25-22(26-24(21)28)20-14-11-18(6-4-2)12-15-20/h3-4,17-20H,1-2,5-16H2,(H2,25,26,27,28)/t17-,18-,19-,20-. The maximum Gasteiger partial charge on any atom is 0.221 e. The van der Waals surface area contributed by atoms with Crippen LogP contribution in [0.25, 0.3) is 0 Å². The summed E-state index contributed by atoms with van der Waals surface area (Å²) in [5, 5.41) is 20.9. The summed E-state index contributed by atoms with van der Waals surface area (Å²) >= 11 is 0. The molecule has 28 heavy (non-hydrogen) atoms. The molecule has 1 heterocycles. The molecule has 0 aliphatic heterocycles. The zero-order valence-corrected chi connectivity index (χ0v) is 17.2. The Labute approximate surface area is 169 Å². The van der Waals surface area contributed by atoms with Crippen molar-refractivity contribution in [3.8, 4) is 11.8 Å².